The molecule has 6 nitrogen and oxygen atoms in total. The lowest BCUT2D eigenvalue weighted by Gasteiger charge is -2.33. The van der Waals surface area contributed by atoms with Gasteiger partial charge in [0.25, 0.3) is 5.91 Å². The Morgan fingerprint density at radius 3 is 2.46 bits per heavy atom. The van der Waals surface area contributed by atoms with Crippen molar-refractivity contribution < 1.29 is 14.0 Å². The normalized spacial score (nSPS) is 18.0. The molecule has 1 saturated carbocycles. The third-order valence-corrected chi connectivity index (χ3v) is 7.75. The topological polar surface area (TPSA) is 67.2 Å². The number of rotatable bonds is 5. The third-order valence-electron chi connectivity index (χ3n) is 7.75. The lowest BCUT2D eigenvalue weighted by atomic mass is 9.90. The molecule has 2 aliphatic rings. The molecule has 37 heavy (non-hydrogen) atoms. The number of halogens is 1. The molecule has 0 unspecified atom stereocenters. The number of piperidine rings is 1. The molecule has 3 aromatic carbocycles. The Balaban J connectivity index is 1.06. The quantitative estimate of drug-likeness (QED) is 0.395. The van der Waals surface area contributed by atoms with Crippen LogP contribution in [-0.4, -0.2) is 39.6 Å². The van der Waals surface area contributed by atoms with Crippen LogP contribution in [0.5, 0.6) is 0 Å². The highest BCUT2D eigenvalue weighted by atomic mass is 19.1. The van der Waals surface area contributed by atoms with Gasteiger partial charge in [0, 0.05) is 48.2 Å². The average Bonchev–Trinajstić information content (AvgIpc) is 3.35. The summed E-state index contributed by atoms with van der Waals surface area (Å²) in [5, 5.41) is 7.27. The Morgan fingerprint density at radius 2 is 1.73 bits per heavy atom. The van der Waals surface area contributed by atoms with Crippen LogP contribution in [0.4, 0.5) is 10.1 Å². The third kappa shape index (κ3) is 4.53. The molecule has 2 fully saturated rings. The smallest absolute Gasteiger partial charge is 0.253 e. The predicted octanol–water partition coefficient (Wildman–Crippen LogP) is 5.56. The molecule has 1 aliphatic heterocycles. The van der Waals surface area contributed by atoms with Crippen LogP contribution in [0.1, 0.15) is 29.6 Å². The van der Waals surface area contributed by atoms with Gasteiger partial charge in [0.05, 0.1) is 5.69 Å². The van der Waals surface area contributed by atoms with Gasteiger partial charge in [0.1, 0.15) is 5.82 Å². The Hall–Kier alpha value is -4.26. The summed E-state index contributed by atoms with van der Waals surface area (Å²) in [5.41, 5.74) is 3.41. The number of amides is 2. The number of hydrogen-bond donors (Lipinski definition) is 1. The van der Waals surface area contributed by atoms with Crippen LogP contribution in [0.25, 0.3) is 16.8 Å². The lowest BCUT2D eigenvalue weighted by Crippen LogP contribution is -2.40. The minimum absolute atomic E-state index is 0.0229. The van der Waals surface area contributed by atoms with Crippen molar-refractivity contribution in [1.29, 1.82) is 0 Å². The first-order valence-corrected chi connectivity index (χ1v) is 12.6. The van der Waals surface area contributed by atoms with Crippen LogP contribution in [0.15, 0.2) is 91.3 Å². The predicted molar refractivity (Wildman–Crippen MR) is 140 cm³/mol. The van der Waals surface area contributed by atoms with E-state index in [0.29, 0.717) is 29.8 Å². The van der Waals surface area contributed by atoms with Crippen molar-refractivity contribution in [1.82, 2.24) is 14.7 Å². The zero-order valence-electron chi connectivity index (χ0n) is 20.3. The standard InChI is InChI=1S/C30H27FN4O2/c31-27-8-2-1-7-25(27)21-5-3-6-22(19-21)29(37)34-17-13-30(14-18-34)20-26(30)28(36)33-23-9-11-24(12-10-23)35-16-4-15-32-35/h1-12,15-16,19,26H,13-14,17-18,20H2,(H,33,36)/t26-/m1/s1. The summed E-state index contributed by atoms with van der Waals surface area (Å²) in [6.07, 6.45) is 6.07. The molecule has 186 valence electrons. The van der Waals surface area contributed by atoms with Crippen molar-refractivity contribution in [3.63, 3.8) is 0 Å². The number of aromatic nitrogens is 2. The van der Waals surface area contributed by atoms with Crippen LogP contribution in [0, 0.1) is 17.2 Å². The summed E-state index contributed by atoms with van der Waals surface area (Å²) >= 11 is 0. The Morgan fingerprint density at radius 1 is 0.946 bits per heavy atom. The molecule has 1 spiro atoms. The zero-order valence-corrected chi connectivity index (χ0v) is 20.3. The second kappa shape index (κ2) is 9.32. The van der Waals surface area contributed by atoms with Gasteiger partial charge in [-0.2, -0.15) is 5.10 Å². The van der Waals surface area contributed by atoms with Crippen molar-refractivity contribution in [2.24, 2.45) is 11.3 Å². The van der Waals surface area contributed by atoms with Gasteiger partial charge in [0.2, 0.25) is 5.91 Å². The number of carbonyl (C=O) groups excluding carboxylic acids is 2. The Kier molecular flexibility index (Phi) is 5.83. The average molecular weight is 495 g/mol. The van der Waals surface area contributed by atoms with E-state index in [1.54, 1.807) is 47.3 Å². The number of benzene rings is 3. The number of nitrogens with zero attached hydrogens (tertiary/aromatic N) is 3. The molecule has 6 rings (SSSR count). The Labute approximate surface area is 214 Å². The van der Waals surface area contributed by atoms with Crippen molar-refractivity contribution >= 4 is 17.5 Å². The Bertz CT molecular complexity index is 1440. The fraction of sp³-hybridized carbons (Fsp3) is 0.233. The molecule has 2 amide bonds. The monoisotopic (exact) mass is 494 g/mol. The number of hydrogen-bond acceptors (Lipinski definition) is 3. The molecular weight excluding hydrogens is 467 g/mol. The molecule has 0 bridgehead atoms. The van der Waals surface area contributed by atoms with E-state index < -0.39 is 0 Å². The molecule has 1 aliphatic carbocycles. The van der Waals surface area contributed by atoms with Crippen molar-refractivity contribution in [3.8, 4) is 16.8 Å². The van der Waals surface area contributed by atoms with Crippen LogP contribution >= 0.6 is 0 Å². The summed E-state index contributed by atoms with van der Waals surface area (Å²) in [5.74, 6) is -0.338. The molecule has 1 saturated heterocycles. The van der Waals surface area contributed by atoms with Gasteiger partial charge < -0.3 is 10.2 Å². The first-order chi connectivity index (χ1) is 18.0. The van der Waals surface area contributed by atoms with Gasteiger partial charge in [-0.1, -0.05) is 30.3 Å². The summed E-state index contributed by atoms with van der Waals surface area (Å²) in [7, 11) is 0. The summed E-state index contributed by atoms with van der Waals surface area (Å²) < 4.78 is 16.0. The molecule has 1 atom stereocenters. The van der Waals surface area contributed by atoms with Crippen molar-refractivity contribution in [3.05, 3.63) is 103 Å². The summed E-state index contributed by atoms with van der Waals surface area (Å²) in [6, 6.07) is 23.2. The first kappa shape index (κ1) is 23.2. The van der Waals surface area contributed by atoms with Gasteiger partial charge >= 0.3 is 0 Å². The van der Waals surface area contributed by atoms with Gasteiger partial charge in [-0.25, -0.2) is 9.07 Å². The second-order valence-corrected chi connectivity index (χ2v) is 9.96. The highest BCUT2D eigenvalue weighted by Crippen LogP contribution is 2.59. The molecule has 4 aromatic rings. The second-order valence-electron chi connectivity index (χ2n) is 9.96. The minimum atomic E-state index is -0.307. The maximum Gasteiger partial charge on any atom is 0.253 e. The SMILES string of the molecule is O=C(Nc1ccc(-n2cccn2)cc1)[C@H]1CC12CCN(C(=O)c1cccc(-c3ccccc3F)c1)CC2. The largest absolute Gasteiger partial charge is 0.339 e. The number of likely N-dealkylation sites (tertiary alicyclic amines) is 1. The van der Waals surface area contributed by atoms with E-state index in [1.807, 2.05) is 47.5 Å². The van der Waals surface area contributed by atoms with Crippen LogP contribution in [0.3, 0.4) is 0 Å². The molecule has 2 heterocycles. The maximum absolute atomic E-state index is 14.2. The van der Waals surface area contributed by atoms with Crippen LogP contribution in [-0.2, 0) is 4.79 Å². The van der Waals surface area contributed by atoms with Crippen LogP contribution in [0.2, 0.25) is 0 Å². The maximum atomic E-state index is 14.2. The molecule has 0 radical (unpaired) electrons. The lowest BCUT2D eigenvalue weighted by molar-refractivity contribution is -0.118. The van der Waals surface area contributed by atoms with Gasteiger partial charge in [0.15, 0.2) is 0 Å². The van der Waals surface area contributed by atoms with Gasteiger partial charge in [-0.3, -0.25) is 9.59 Å². The number of anilines is 1. The van der Waals surface area contributed by atoms with Crippen molar-refractivity contribution in [2.45, 2.75) is 19.3 Å². The molecular formula is C30H27FN4O2. The number of carbonyl (C=O) groups is 2. The van der Waals surface area contributed by atoms with E-state index in [9.17, 15) is 14.0 Å². The highest BCUT2D eigenvalue weighted by molar-refractivity contribution is 5.96. The van der Waals surface area contributed by atoms with Crippen molar-refractivity contribution in [2.75, 3.05) is 18.4 Å². The fourth-order valence-electron chi connectivity index (χ4n) is 5.47. The van der Waals surface area contributed by atoms with Gasteiger partial charge in [-0.15, -0.1) is 0 Å². The summed E-state index contributed by atoms with van der Waals surface area (Å²) in [6.45, 7) is 1.23. The highest BCUT2D eigenvalue weighted by Gasteiger charge is 2.58. The van der Waals surface area contributed by atoms with E-state index in [2.05, 4.69) is 10.4 Å². The summed E-state index contributed by atoms with van der Waals surface area (Å²) in [4.78, 5) is 28.0. The fourth-order valence-corrected chi connectivity index (χ4v) is 5.47. The molecule has 1 N–H and O–H groups in total. The zero-order chi connectivity index (χ0) is 25.4. The minimum Gasteiger partial charge on any atom is -0.339 e. The van der Waals surface area contributed by atoms with E-state index in [-0.39, 0.29) is 29.0 Å². The van der Waals surface area contributed by atoms with E-state index in [1.165, 1.54) is 6.07 Å². The first-order valence-electron chi connectivity index (χ1n) is 12.6. The molecule has 1 aromatic heterocycles. The van der Waals surface area contributed by atoms with Gasteiger partial charge in [-0.05, 0) is 78.8 Å². The van der Waals surface area contributed by atoms with Crippen LogP contribution < -0.4 is 5.32 Å². The van der Waals surface area contributed by atoms with E-state index >= 15 is 0 Å². The van der Waals surface area contributed by atoms with E-state index in [0.717, 1.165) is 30.6 Å². The molecule has 7 heteroatoms. The van der Waals surface area contributed by atoms with E-state index in [4.69, 9.17) is 0 Å². The number of nitrogens with one attached hydrogen (secondary N) is 1.